The van der Waals surface area contributed by atoms with Gasteiger partial charge in [-0.15, -0.1) is 0 Å². The van der Waals surface area contributed by atoms with Gasteiger partial charge in [0.2, 0.25) is 0 Å². The molecular weight excluding hydrogens is 402 g/mol. The molecule has 1 amide bonds. The van der Waals surface area contributed by atoms with Crippen molar-refractivity contribution >= 4 is 24.0 Å². The monoisotopic (exact) mass is 427 g/mol. The highest BCUT2D eigenvalue weighted by molar-refractivity contribution is 5.94. The van der Waals surface area contributed by atoms with Crippen LogP contribution in [0, 0.1) is 11.3 Å². The summed E-state index contributed by atoms with van der Waals surface area (Å²) in [4.78, 5) is 35.1. The lowest BCUT2D eigenvalue weighted by Crippen LogP contribution is -2.41. The summed E-state index contributed by atoms with van der Waals surface area (Å²) in [5, 5.41) is 21.8. The molecule has 2 aromatic carbocycles. The van der Waals surface area contributed by atoms with Crippen LogP contribution < -0.4 is 10.6 Å². The highest BCUT2D eigenvalue weighted by Crippen LogP contribution is 2.11. The van der Waals surface area contributed by atoms with Crippen molar-refractivity contribution in [3.05, 3.63) is 71.8 Å². The molecule has 0 saturated carbocycles. The third-order valence-electron chi connectivity index (χ3n) is 4.22. The molecule has 164 valence electrons. The van der Waals surface area contributed by atoms with Gasteiger partial charge in [-0.1, -0.05) is 60.7 Å². The van der Waals surface area contributed by atoms with Crippen molar-refractivity contribution in [3.63, 3.8) is 0 Å². The van der Waals surface area contributed by atoms with Gasteiger partial charge in [0.15, 0.2) is 11.9 Å². The normalized spacial score (nSPS) is 11.1. The van der Waals surface area contributed by atoms with Gasteiger partial charge in [0, 0.05) is 6.54 Å². The zero-order chi connectivity index (χ0) is 22.5. The molecule has 0 aromatic heterocycles. The van der Waals surface area contributed by atoms with E-state index >= 15 is 0 Å². The van der Waals surface area contributed by atoms with Crippen LogP contribution in [0.2, 0.25) is 0 Å². The molecule has 0 aliphatic heterocycles. The second-order valence-corrected chi connectivity index (χ2v) is 6.61. The maximum absolute atomic E-state index is 12.1. The number of aliphatic carboxylic acids is 1. The van der Waals surface area contributed by atoms with Crippen molar-refractivity contribution < 1.29 is 29.0 Å². The molecule has 31 heavy (non-hydrogen) atoms. The Bertz CT molecular complexity index is 873. The summed E-state index contributed by atoms with van der Waals surface area (Å²) < 4.78 is 10.1. The van der Waals surface area contributed by atoms with Gasteiger partial charge < -0.3 is 19.9 Å². The Kier molecular flexibility index (Phi) is 9.54. The van der Waals surface area contributed by atoms with Gasteiger partial charge in [0.05, 0.1) is 0 Å². The van der Waals surface area contributed by atoms with Gasteiger partial charge >= 0.3 is 18.0 Å². The summed E-state index contributed by atoms with van der Waals surface area (Å²) in [5.74, 6) is -3.66. The van der Waals surface area contributed by atoms with Crippen molar-refractivity contribution in [3.8, 4) is 0 Å². The highest BCUT2D eigenvalue weighted by Gasteiger charge is 2.27. The van der Waals surface area contributed by atoms with Crippen LogP contribution in [0.25, 0.3) is 0 Å². The summed E-state index contributed by atoms with van der Waals surface area (Å²) in [5.41, 5.74) is 1.58. The molecule has 2 rings (SSSR count). The second-order valence-electron chi connectivity index (χ2n) is 6.61. The number of alkyl carbamates (subject to hydrolysis) is 1. The summed E-state index contributed by atoms with van der Waals surface area (Å²) in [6.45, 7) is 0.264. The van der Waals surface area contributed by atoms with E-state index in [0.29, 0.717) is 0 Å². The minimum atomic E-state index is -1.30. The van der Waals surface area contributed by atoms with Crippen LogP contribution in [0.15, 0.2) is 60.7 Å². The second kappa shape index (κ2) is 12.6. The number of hydrogen-bond donors (Lipinski definition) is 4. The van der Waals surface area contributed by atoms with Crippen LogP contribution in [-0.2, 0) is 32.3 Å². The quantitative estimate of drug-likeness (QED) is 0.150. The Morgan fingerprint density at radius 2 is 1.45 bits per heavy atom. The predicted molar refractivity (Wildman–Crippen MR) is 112 cm³/mol. The van der Waals surface area contributed by atoms with Crippen molar-refractivity contribution in [1.82, 2.24) is 10.6 Å². The number of amides is 1. The Balaban J connectivity index is 1.65. The smallest absolute Gasteiger partial charge is 0.414 e. The zero-order valence-corrected chi connectivity index (χ0v) is 16.9. The summed E-state index contributed by atoms with van der Waals surface area (Å²) in [6, 6.07) is 18.1. The van der Waals surface area contributed by atoms with Crippen molar-refractivity contribution in [2.75, 3.05) is 6.54 Å². The third-order valence-corrected chi connectivity index (χ3v) is 4.22. The van der Waals surface area contributed by atoms with Gasteiger partial charge in [-0.2, -0.15) is 0 Å². The predicted octanol–water partition coefficient (Wildman–Crippen LogP) is 2.66. The molecule has 0 aliphatic carbocycles. The Labute approximate surface area is 179 Å². The highest BCUT2D eigenvalue weighted by atomic mass is 16.5. The number of carboxylic acids is 1. The van der Waals surface area contributed by atoms with Crippen LogP contribution in [0.4, 0.5) is 4.79 Å². The summed E-state index contributed by atoms with van der Waals surface area (Å²) in [7, 11) is 0. The molecule has 0 radical (unpaired) electrons. The Morgan fingerprint density at radius 3 is 2.00 bits per heavy atom. The standard InChI is InChI=1S/C22H25N3O6/c23-21(25-22(29)31-15-17-10-5-2-6-11-17)24-13-7-12-18(19(26)27)20(28)30-14-16-8-3-1-4-9-16/h1-6,8-11,18H,7,12-15H2,(H,26,27)(H3,23,24,25,29). The largest absolute Gasteiger partial charge is 0.481 e. The number of ether oxygens (including phenoxy) is 2. The van der Waals surface area contributed by atoms with Gasteiger partial charge in [0.25, 0.3) is 0 Å². The van der Waals surface area contributed by atoms with Crippen molar-refractivity contribution in [2.24, 2.45) is 5.92 Å². The van der Waals surface area contributed by atoms with E-state index in [-0.39, 0.29) is 38.6 Å². The number of rotatable bonds is 10. The number of esters is 1. The molecule has 0 saturated heterocycles. The SMILES string of the molecule is N=C(NCCCC(C(=O)O)C(=O)OCc1ccccc1)NC(=O)OCc1ccccc1. The molecule has 2 aromatic rings. The molecule has 4 N–H and O–H groups in total. The fourth-order valence-corrected chi connectivity index (χ4v) is 2.60. The topological polar surface area (TPSA) is 138 Å². The molecule has 1 unspecified atom stereocenters. The minimum absolute atomic E-state index is 0.00135. The van der Waals surface area contributed by atoms with E-state index in [2.05, 4.69) is 10.6 Å². The lowest BCUT2D eigenvalue weighted by atomic mass is 10.0. The molecule has 0 bridgehead atoms. The number of carboxylic acid groups (broad SMARTS) is 1. The van der Waals surface area contributed by atoms with Crippen LogP contribution in [0.3, 0.4) is 0 Å². The average Bonchev–Trinajstić information content (AvgIpc) is 2.77. The summed E-state index contributed by atoms with van der Waals surface area (Å²) >= 11 is 0. The fraction of sp³-hybridized carbons (Fsp3) is 0.273. The van der Waals surface area contributed by atoms with E-state index in [0.717, 1.165) is 11.1 Å². The van der Waals surface area contributed by atoms with Crippen LogP contribution in [-0.4, -0.2) is 35.6 Å². The van der Waals surface area contributed by atoms with Gasteiger partial charge in [-0.25, -0.2) is 4.79 Å². The molecule has 0 heterocycles. The lowest BCUT2D eigenvalue weighted by Gasteiger charge is -2.13. The first kappa shape index (κ1) is 23.4. The van der Waals surface area contributed by atoms with E-state index in [9.17, 15) is 19.5 Å². The van der Waals surface area contributed by atoms with Crippen LogP contribution in [0.5, 0.6) is 0 Å². The number of benzene rings is 2. The van der Waals surface area contributed by atoms with E-state index in [1.807, 2.05) is 24.3 Å². The number of nitrogens with one attached hydrogen (secondary N) is 3. The fourth-order valence-electron chi connectivity index (χ4n) is 2.60. The maximum atomic E-state index is 12.1. The molecular formula is C22H25N3O6. The number of carbonyl (C=O) groups excluding carboxylic acids is 2. The average molecular weight is 427 g/mol. The van der Waals surface area contributed by atoms with Crippen LogP contribution >= 0.6 is 0 Å². The number of hydrogen-bond acceptors (Lipinski definition) is 6. The molecule has 9 heteroatoms. The molecule has 0 aliphatic rings. The third kappa shape index (κ3) is 8.99. The van der Waals surface area contributed by atoms with Gasteiger partial charge in [-0.05, 0) is 24.0 Å². The molecule has 0 fully saturated rings. The number of carbonyl (C=O) groups is 3. The first-order valence-electron chi connectivity index (χ1n) is 9.69. The van der Waals surface area contributed by atoms with Crippen molar-refractivity contribution in [2.45, 2.75) is 26.1 Å². The zero-order valence-electron chi connectivity index (χ0n) is 16.9. The van der Waals surface area contributed by atoms with Crippen molar-refractivity contribution in [1.29, 1.82) is 5.41 Å². The summed E-state index contributed by atoms with van der Waals surface area (Å²) in [6.07, 6.45) is -0.475. The Morgan fingerprint density at radius 1 is 0.903 bits per heavy atom. The lowest BCUT2D eigenvalue weighted by molar-refractivity contribution is -0.159. The maximum Gasteiger partial charge on any atom is 0.414 e. The van der Waals surface area contributed by atoms with E-state index in [1.54, 1.807) is 36.4 Å². The van der Waals surface area contributed by atoms with E-state index in [1.165, 1.54) is 0 Å². The van der Waals surface area contributed by atoms with E-state index < -0.39 is 23.9 Å². The molecule has 0 spiro atoms. The minimum Gasteiger partial charge on any atom is -0.481 e. The number of guanidine groups is 1. The molecule has 1 atom stereocenters. The van der Waals surface area contributed by atoms with Crippen LogP contribution in [0.1, 0.15) is 24.0 Å². The Hall–Kier alpha value is -3.88. The van der Waals surface area contributed by atoms with E-state index in [4.69, 9.17) is 14.9 Å². The first-order chi connectivity index (χ1) is 15.0. The first-order valence-corrected chi connectivity index (χ1v) is 9.69. The molecule has 9 nitrogen and oxygen atoms in total. The van der Waals surface area contributed by atoms with Gasteiger partial charge in [-0.3, -0.25) is 20.3 Å². The van der Waals surface area contributed by atoms with Gasteiger partial charge in [0.1, 0.15) is 13.2 Å².